The largest absolute Gasteiger partial charge is 0.336 e. The fourth-order valence-corrected chi connectivity index (χ4v) is 3.14. The standard InChI is InChI=1S/C15H19BrN2O3/c1-11-6-7-12(10-14(11)18(20)21)15(19)17-9-3-5-13(17)4-2-8-16/h6-7,10,13H,2-5,8-9H2,1H3. The van der Waals surface area contributed by atoms with Gasteiger partial charge in [0.25, 0.3) is 11.6 Å². The molecular formula is C15H19BrN2O3. The maximum Gasteiger partial charge on any atom is 0.273 e. The molecule has 0 N–H and O–H groups in total. The minimum atomic E-state index is -0.432. The number of carbonyl (C=O) groups is 1. The molecule has 0 bridgehead atoms. The number of hydrogen-bond donors (Lipinski definition) is 0. The average Bonchev–Trinajstić information content (AvgIpc) is 2.92. The Morgan fingerprint density at radius 3 is 2.95 bits per heavy atom. The van der Waals surface area contributed by atoms with Gasteiger partial charge in [-0.2, -0.15) is 0 Å². The van der Waals surface area contributed by atoms with Gasteiger partial charge in [-0.05, 0) is 38.7 Å². The third-order valence-electron chi connectivity index (χ3n) is 3.96. The highest BCUT2D eigenvalue weighted by Gasteiger charge is 2.29. The number of rotatable bonds is 5. The number of likely N-dealkylation sites (tertiary alicyclic amines) is 1. The highest BCUT2D eigenvalue weighted by Crippen LogP contribution is 2.26. The van der Waals surface area contributed by atoms with Crippen LogP contribution in [-0.2, 0) is 0 Å². The Morgan fingerprint density at radius 2 is 2.29 bits per heavy atom. The van der Waals surface area contributed by atoms with Crippen LogP contribution in [0.1, 0.15) is 41.6 Å². The number of nitrogens with zero attached hydrogens (tertiary/aromatic N) is 2. The van der Waals surface area contributed by atoms with Gasteiger partial charge in [-0.1, -0.05) is 22.0 Å². The Morgan fingerprint density at radius 1 is 1.52 bits per heavy atom. The van der Waals surface area contributed by atoms with Crippen molar-refractivity contribution in [3.8, 4) is 0 Å². The molecule has 1 amide bonds. The molecule has 6 heteroatoms. The molecule has 1 aromatic carbocycles. The van der Waals surface area contributed by atoms with E-state index in [1.807, 2.05) is 4.90 Å². The van der Waals surface area contributed by atoms with Crippen molar-refractivity contribution in [3.05, 3.63) is 39.4 Å². The van der Waals surface area contributed by atoms with Crippen LogP contribution in [0, 0.1) is 17.0 Å². The number of nitro benzene ring substituents is 1. The number of carbonyl (C=O) groups excluding carboxylic acids is 1. The Bertz CT molecular complexity index is 548. The van der Waals surface area contributed by atoms with Gasteiger partial charge in [0.15, 0.2) is 0 Å². The molecule has 1 unspecified atom stereocenters. The van der Waals surface area contributed by atoms with Crippen molar-refractivity contribution in [2.45, 2.75) is 38.6 Å². The van der Waals surface area contributed by atoms with Gasteiger partial charge in [0, 0.05) is 35.1 Å². The second-order valence-corrected chi connectivity index (χ2v) is 6.18. The van der Waals surface area contributed by atoms with Crippen LogP contribution < -0.4 is 0 Å². The van der Waals surface area contributed by atoms with Crippen molar-refractivity contribution in [1.29, 1.82) is 0 Å². The predicted octanol–water partition coefficient (Wildman–Crippen LogP) is 3.68. The van der Waals surface area contributed by atoms with E-state index in [1.54, 1.807) is 19.1 Å². The summed E-state index contributed by atoms with van der Waals surface area (Å²) >= 11 is 3.41. The summed E-state index contributed by atoms with van der Waals surface area (Å²) in [6.07, 6.45) is 4.03. The zero-order valence-electron chi connectivity index (χ0n) is 12.0. The highest BCUT2D eigenvalue weighted by atomic mass is 79.9. The maximum absolute atomic E-state index is 12.6. The van der Waals surface area contributed by atoms with Crippen molar-refractivity contribution in [2.75, 3.05) is 11.9 Å². The molecule has 1 aliphatic heterocycles. The smallest absolute Gasteiger partial charge is 0.273 e. The Labute approximate surface area is 132 Å². The lowest BCUT2D eigenvalue weighted by molar-refractivity contribution is -0.385. The normalized spacial score (nSPS) is 18.0. The SMILES string of the molecule is Cc1ccc(C(=O)N2CCCC2CCCBr)cc1[N+](=O)[O-]. The number of alkyl halides is 1. The van der Waals surface area contributed by atoms with Crippen LogP contribution in [0.5, 0.6) is 0 Å². The van der Waals surface area contributed by atoms with E-state index in [2.05, 4.69) is 15.9 Å². The van der Waals surface area contributed by atoms with Gasteiger partial charge in [-0.15, -0.1) is 0 Å². The number of amides is 1. The molecule has 2 rings (SSSR count). The molecule has 0 spiro atoms. The fourth-order valence-electron chi connectivity index (χ4n) is 2.82. The van der Waals surface area contributed by atoms with E-state index in [-0.39, 0.29) is 17.6 Å². The lowest BCUT2D eigenvalue weighted by atomic mass is 10.1. The number of benzene rings is 1. The molecule has 0 radical (unpaired) electrons. The van der Waals surface area contributed by atoms with E-state index in [1.165, 1.54) is 6.07 Å². The third-order valence-corrected chi connectivity index (χ3v) is 4.52. The average molecular weight is 355 g/mol. The summed E-state index contributed by atoms with van der Waals surface area (Å²) in [6, 6.07) is 4.99. The second kappa shape index (κ2) is 7.02. The first-order chi connectivity index (χ1) is 10.0. The van der Waals surface area contributed by atoms with Gasteiger partial charge in [-0.25, -0.2) is 0 Å². The van der Waals surface area contributed by atoms with Crippen molar-refractivity contribution in [3.63, 3.8) is 0 Å². The van der Waals surface area contributed by atoms with Crippen molar-refractivity contribution in [2.24, 2.45) is 0 Å². The lowest BCUT2D eigenvalue weighted by Gasteiger charge is -2.24. The first-order valence-corrected chi connectivity index (χ1v) is 8.28. The molecule has 0 aromatic heterocycles. The van der Waals surface area contributed by atoms with Crippen molar-refractivity contribution < 1.29 is 9.72 Å². The Balaban J connectivity index is 2.19. The Kier molecular flexibility index (Phi) is 5.33. The van der Waals surface area contributed by atoms with E-state index >= 15 is 0 Å². The molecule has 1 aliphatic rings. The zero-order chi connectivity index (χ0) is 15.4. The molecule has 5 nitrogen and oxygen atoms in total. The fraction of sp³-hybridized carbons (Fsp3) is 0.533. The number of halogens is 1. The summed E-state index contributed by atoms with van der Waals surface area (Å²) in [7, 11) is 0. The number of nitro groups is 1. The van der Waals surface area contributed by atoms with E-state index in [4.69, 9.17) is 0 Å². The number of aryl methyl sites for hydroxylation is 1. The van der Waals surface area contributed by atoms with Gasteiger partial charge in [-0.3, -0.25) is 14.9 Å². The molecule has 1 fully saturated rings. The molecule has 1 aromatic rings. The van der Waals surface area contributed by atoms with E-state index in [9.17, 15) is 14.9 Å². The van der Waals surface area contributed by atoms with Crippen molar-refractivity contribution in [1.82, 2.24) is 4.90 Å². The van der Waals surface area contributed by atoms with E-state index in [0.29, 0.717) is 11.1 Å². The quantitative estimate of drug-likeness (QED) is 0.460. The third kappa shape index (κ3) is 3.61. The molecule has 1 heterocycles. The van der Waals surface area contributed by atoms with Crippen LogP contribution in [0.4, 0.5) is 5.69 Å². The highest BCUT2D eigenvalue weighted by molar-refractivity contribution is 9.09. The summed E-state index contributed by atoms with van der Waals surface area (Å²) in [5, 5.41) is 11.9. The molecule has 1 atom stereocenters. The van der Waals surface area contributed by atoms with Crippen LogP contribution in [0.15, 0.2) is 18.2 Å². The van der Waals surface area contributed by atoms with E-state index in [0.717, 1.165) is 37.6 Å². The molecule has 0 aliphatic carbocycles. The summed E-state index contributed by atoms with van der Waals surface area (Å²) in [4.78, 5) is 25.0. The predicted molar refractivity (Wildman–Crippen MR) is 84.9 cm³/mol. The Hall–Kier alpha value is -1.43. The molecule has 21 heavy (non-hydrogen) atoms. The van der Waals surface area contributed by atoms with E-state index < -0.39 is 4.92 Å². The molecule has 0 saturated carbocycles. The van der Waals surface area contributed by atoms with Crippen LogP contribution >= 0.6 is 15.9 Å². The zero-order valence-corrected chi connectivity index (χ0v) is 13.6. The molecule has 1 saturated heterocycles. The molecular weight excluding hydrogens is 336 g/mol. The van der Waals surface area contributed by atoms with Crippen LogP contribution in [0.2, 0.25) is 0 Å². The van der Waals surface area contributed by atoms with Crippen LogP contribution in [-0.4, -0.2) is 33.6 Å². The van der Waals surface area contributed by atoms with Crippen LogP contribution in [0.25, 0.3) is 0 Å². The van der Waals surface area contributed by atoms with Gasteiger partial charge >= 0.3 is 0 Å². The topological polar surface area (TPSA) is 63.5 Å². The summed E-state index contributed by atoms with van der Waals surface area (Å²) in [5.74, 6) is -0.0878. The summed E-state index contributed by atoms with van der Waals surface area (Å²) in [5.41, 5.74) is 1.00. The number of hydrogen-bond acceptors (Lipinski definition) is 3. The lowest BCUT2D eigenvalue weighted by Crippen LogP contribution is -2.35. The van der Waals surface area contributed by atoms with Gasteiger partial charge < -0.3 is 4.90 Å². The van der Waals surface area contributed by atoms with Crippen LogP contribution in [0.3, 0.4) is 0 Å². The maximum atomic E-state index is 12.6. The first kappa shape index (κ1) is 15.9. The van der Waals surface area contributed by atoms with Gasteiger partial charge in [0.2, 0.25) is 0 Å². The second-order valence-electron chi connectivity index (χ2n) is 5.38. The monoisotopic (exact) mass is 354 g/mol. The van der Waals surface area contributed by atoms with Gasteiger partial charge in [0.1, 0.15) is 0 Å². The first-order valence-electron chi connectivity index (χ1n) is 7.16. The minimum absolute atomic E-state index is 0.0112. The van der Waals surface area contributed by atoms with Crippen molar-refractivity contribution >= 4 is 27.5 Å². The summed E-state index contributed by atoms with van der Waals surface area (Å²) < 4.78 is 0. The summed E-state index contributed by atoms with van der Waals surface area (Å²) in [6.45, 7) is 2.43. The minimum Gasteiger partial charge on any atom is -0.336 e. The van der Waals surface area contributed by atoms with Gasteiger partial charge in [0.05, 0.1) is 4.92 Å². The molecule has 114 valence electrons.